The molecule has 3 heterocycles. The number of nitrogens with zero attached hydrogens (tertiary/aromatic N) is 4. The second kappa shape index (κ2) is 10.9. The summed E-state index contributed by atoms with van der Waals surface area (Å²) in [4.78, 5) is 12.6. The quantitative estimate of drug-likeness (QED) is 0.208. The Balaban J connectivity index is 1.35. The lowest BCUT2D eigenvalue weighted by Crippen LogP contribution is -2.38. The molecular weight excluding hydrogens is 530 g/mol. The summed E-state index contributed by atoms with van der Waals surface area (Å²) in [6.45, 7) is 0.109. The van der Waals surface area contributed by atoms with Gasteiger partial charge in [0.1, 0.15) is 29.2 Å². The number of ether oxygens (including phenoxy) is 3. The molecule has 10 heteroatoms. The van der Waals surface area contributed by atoms with Gasteiger partial charge >= 0.3 is 0 Å². The summed E-state index contributed by atoms with van der Waals surface area (Å²) < 4.78 is 20.3. The second-order valence-electron chi connectivity index (χ2n) is 9.59. The average Bonchev–Trinajstić information content (AvgIpc) is 3.58. The highest BCUT2D eigenvalue weighted by atomic mass is 35.5. The normalized spacial score (nSPS) is 19.2. The average molecular weight is 558 g/mol. The Morgan fingerprint density at radius 1 is 0.975 bits per heavy atom. The summed E-state index contributed by atoms with van der Waals surface area (Å²) in [6.07, 6.45) is -0.0719. The summed E-state index contributed by atoms with van der Waals surface area (Å²) in [6, 6.07) is 27.9. The van der Waals surface area contributed by atoms with Gasteiger partial charge in [-0.15, -0.1) is 0 Å². The van der Waals surface area contributed by atoms with Gasteiger partial charge in [-0.1, -0.05) is 72.8 Å². The van der Waals surface area contributed by atoms with Crippen molar-refractivity contribution in [3.05, 3.63) is 113 Å². The molecule has 3 unspecified atom stereocenters. The zero-order chi connectivity index (χ0) is 27.7. The Morgan fingerprint density at radius 2 is 1.60 bits per heavy atom. The van der Waals surface area contributed by atoms with Crippen LogP contribution in [0.1, 0.15) is 29.3 Å². The van der Waals surface area contributed by atoms with E-state index < -0.39 is 24.0 Å². The van der Waals surface area contributed by atoms with E-state index in [-0.39, 0.29) is 17.7 Å². The summed E-state index contributed by atoms with van der Waals surface area (Å²) in [5.41, 5.74) is 8.66. The molecule has 40 heavy (non-hydrogen) atoms. The van der Waals surface area contributed by atoms with Gasteiger partial charge in [-0.05, 0) is 40.4 Å². The van der Waals surface area contributed by atoms with Crippen LogP contribution in [-0.2, 0) is 15.1 Å². The molecule has 0 saturated carbocycles. The van der Waals surface area contributed by atoms with Gasteiger partial charge in [-0.2, -0.15) is 9.97 Å². The maximum Gasteiger partial charge on any atom is 0.226 e. The number of nitrogens with two attached hydrogens (primary N) is 1. The van der Waals surface area contributed by atoms with Crippen LogP contribution in [-0.4, -0.2) is 50.6 Å². The van der Waals surface area contributed by atoms with Crippen LogP contribution >= 0.6 is 11.6 Å². The fourth-order valence-electron chi connectivity index (χ4n) is 5.29. The van der Waals surface area contributed by atoms with Crippen molar-refractivity contribution in [3.8, 4) is 5.75 Å². The number of methoxy groups -OCH3 is 1. The maximum absolute atomic E-state index is 11.1. The first kappa shape index (κ1) is 26.2. The highest BCUT2D eigenvalue weighted by Gasteiger charge is 2.42. The highest BCUT2D eigenvalue weighted by Crippen LogP contribution is 2.42. The van der Waals surface area contributed by atoms with E-state index >= 15 is 0 Å². The number of aromatic nitrogens is 4. The topological polar surface area (TPSA) is 118 Å². The Hall–Kier alpha value is -4.02. The van der Waals surface area contributed by atoms with Gasteiger partial charge in [0.2, 0.25) is 5.28 Å². The second-order valence-corrected chi connectivity index (χ2v) is 9.92. The molecule has 3 atom stereocenters. The highest BCUT2D eigenvalue weighted by molar-refractivity contribution is 6.28. The van der Waals surface area contributed by atoms with Crippen LogP contribution < -0.4 is 10.5 Å². The molecular formula is C30H28ClN5O4. The smallest absolute Gasteiger partial charge is 0.226 e. The first-order valence-corrected chi connectivity index (χ1v) is 13.3. The van der Waals surface area contributed by atoms with Gasteiger partial charge in [0.15, 0.2) is 11.5 Å². The van der Waals surface area contributed by atoms with Gasteiger partial charge < -0.3 is 25.1 Å². The molecule has 0 aliphatic carbocycles. The monoisotopic (exact) mass is 557 g/mol. The molecule has 2 aromatic heterocycles. The van der Waals surface area contributed by atoms with E-state index in [2.05, 4.69) is 15.0 Å². The van der Waals surface area contributed by atoms with Crippen molar-refractivity contribution in [3.63, 3.8) is 0 Å². The van der Waals surface area contributed by atoms with E-state index in [4.69, 9.17) is 31.5 Å². The number of hydrogen-bond donors (Lipinski definition) is 2. The van der Waals surface area contributed by atoms with Crippen molar-refractivity contribution in [1.82, 2.24) is 19.5 Å². The SMILES string of the molecule is COc1ccc(C(OCC2OC(n3cnc4c(N)nc(Cl)nc43)CC2O)(c2ccccc2)c2ccccc2)cc1. The third-order valence-corrected chi connectivity index (χ3v) is 7.43. The van der Waals surface area contributed by atoms with Crippen LogP contribution in [0.15, 0.2) is 91.3 Å². The molecule has 1 fully saturated rings. The molecule has 0 spiro atoms. The summed E-state index contributed by atoms with van der Waals surface area (Å²) in [5, 5.41) is 11.1. The van der Waals surface area contributed by atoms with Gasteiger partial charge in [0.05, 0.1) is 26.1 Å². The number of rotatable bonds is 8. The number of benzene rings is 3. The first-order valence-electron chi connectivity index (χ1n) is 12.9. The van der Waals surface area contributed by atoms with E-state index in [1.165, 1.54) is 0 Å². The minimum atomic E-state index is -0.979. The number of imidazole rings is 1. The number of aliphatic hydroxyl groups excluding tert-OH is 1. The van der Waals surface area contributed by atoms with Gasteiger partial charge in [-0.3, -0.25) is 4.57 Å². The molecule has 3 N–H and O–H groups in total. The first-order chi connectivity index (χ1) is 19.5. The number of aliphatic hydroxyl groups is 1. The summed E-state index contributed by atoms with van der Waals surface area (Å²) >= 11 is 6.05. The van der Waals surface area contributed by atoms with E-state index in [0.717, 1.165) is 22.4 Å². The van der Waals surface area contributed by atoms with Crippen molar-refractivity contribution >= 4 is 28.6 Å². The van der Waals surface area contributed by atoms with Crippen molar-refractivity contribution in [1.29, 1.82) is 0 Å². The molecule has 9 nitrogen and oxygen atoms in total. The van der Waals surface area contributed by atoms with Crippen molar-refractivity contribution < 1.29 is 19.3 Å². The molecule has 1 aliphatic rings. The van der Waals surface area contributed by atoms with E-state index in [1.54, 1.807) is 18.0 Å². The fraction of sp³-hybridized carbons (Fsp3) is 0.233. The Bertz CT molecular complexity index is 1560. The Kier molecular flexibility index (Phi) is 7.12. The predicted octanol–water partition coefficient (Wildman–Crippen LogP) is 4.73. The van der Waals surface area contributed by atoms with Gasteiger partial charge in [0.25, 0.3) is 0 Å². The lowest BCUT2D eigenvalue weighted by Gasteiger charge is -2.37. The molecule has 0 bridgehead atoms. The molecule has 3 aromatic carbocycles. The number of nitrogen functional groups attached to an aromatic ring is 1. The molecule has 0 radical (unpaired) electrons. The zero-order valence-corrected chi connectivity index (χ0v) is 22.5. The zero-order valence-electron chi connectivity index (χ0n) is 21.7. The van der Waals surface area contributed by atoms with Crippen molar-refractivity contribution in [2.24, 2.45) is 0 Å². The number of hydrogen-bond acceptors (Lipinski definition) is 8. The van der Waals surface area contributed by atoms with Crippen LogP contribution in [0.3, 0.4) is 0 Å². The maximum atomic E-state index is 11.1. The Morgan fingerprint density at radius 3 is 2.23 bits per heavy atom. The number of fused-ring (bicyclic) bond motifs is 1. The fourth-order valence-corrected chi connectivity index (χ4v) is 5.46. The Labute approximate surface area is 236 Å². The molecule has 1 aliphatic heterocycles. The summed E-state index contributed by atoms with van der Waals surface area (Å²) in [5.74, 6) is 0.926. The van der Waals surface area contributed by atoms with Crippen molar-refractivity contribution in [2.75, 3.05) is 19.5 Å². The van der Waals surface area contributed by atoms with Crippen LogP contribution in [0.2, 0.25) is 5.28 Å². The van der Waals surface area contributed by atoms with Crippen LogP contribution in [0.25, 0.3) is 11.2 Å². The van der Waals surface area contributed by atoms with E-state index in [0.29, 0.717) is 17.6 Å². The number of anilines is 1. The standard InChI is InChI=1S/C30H28ClN5O4/c1-38-22-14-12-21(13-15-22)30(19-8-4-2-5-9-19,20-10-6-3-7-11-20)39-17-24-23(37)16-25(40-24)36-18-33-26-27(32)34-29(31)35-28(26)36/h2-15,18,23-25,37H,16-17H2,1H3,(H2,32,34,35). The molecule has 0 amide bonds. The van der Waals surface area contributed by atoms with Crippen LogP contribution in [0.4, 0.5) is 5.82 Å². The largest absolute Gasteiger partial charge is 0.497 e. The van der Waals surface area contributed by atoms with Crippen LogP contribution in [0.5, 0.6) is 5.75 Å². The predicted molar refractivity (Wildman–Crippen MR) is 151 cm³/mol. The third-order valence-electron chi connectivity index (χ3n) is 7.26. The number of halogens is 1. The van der Waals surface area contributed by atoms with E-state index in [9.17, 15) is 5.11 Å². The summed E-state index contributed by atoms with van der Waals surface area (Å²) in [7, 11) is 1.64. The van der Waals surface area contributed by atoms with Crippen LogP contribution in [0, 0.1) is 0 Å². The van der Waals surface area contributed by atoms with Gasteiger partial charge in [0, 0.05) is 6.42 Å². The minimum absolute atomic E-state index is 0.0141. The van der Waals surface area contributed by atoms with Crippen molar-refractivity contribution in [2.45, 2.75) is 30.5 Å². The molecule has 6 rings (SSSR count). The molecule has 204 valence electrons. The molecule has 1 saturated heterocycles. The van der Waals surface area contributed by atoms with E-state index in [1.807, 2.05) is 84.9 Å². The third kappa shape index (κ3) is 4.67. The minimum Gasteiger partial charge on any atom is -0.497 e. The lowest BCUT2D eigenvalue weighted by atomic mass is 9.80. The lowest BCUT2D eigenvalue weighted by molar-refractivity contribution is -0.0930. The van der Waals surface area contributed by atoms with Gasteiger partial charge in [-0.25, -0.2) is 4.98 Å². The molecule has 5 aromatic rings.